The Labute approximate surface area is 102 Å². The van der Waals surface area contributed by atoms with Crippen LogP contribution in [0.25, 0.3) is 0 Å². The highest BCUT2D eigenvalue weighted by Crippen LogP contribution is 2.21. The maximum absolute atomic E-state index is 11.9. The number of hydrogen-bond acceptors (Lipinski definition) is 4. The Kier molecular flexibility index (Phi) is 5.35. The van der Waals surface area contributed by atoms with E-state index in [1.807, 2.05) is 0 Å². The van der Waals surface area contributed by atoms with Crippen LogP contribution in [0.1, 0.15) is 26.2 Å². The van der Waals surface area contributed by atoms with Crippen molar-refractivity contribution in [1.82, 2.24) is 9.62 Å². The molecule has 0 aromatic rings. The molecule has 0 aromatic carbocycles. The lowest BCUT2D eigenvalue weighted by molar-refractivity contribution is -0.124. The van der Waals surface area contributed by atoms with Crippen molar-refractivity contribution < 1.29 is 18.3 Å². The smallest absolute Gasteiger partial charge is 0.238 e. The minimum absolute atomic E-state index is 0.0801. The highest BCUT2D eigenvalue weighted by Gasteiger charge is 2.37. The number of hydrogen-bond donors (Lipinski definition) is 2. The number of amides is 1. The molecule has 100 valence electrons. The first-order chi connectivity index (χ1) is 8.03. The van der Waals surface area contributed by atoms with Crippen LogP contribution in [0.15, 0.2) is 0 Å². The van der Waals surface area contributed by atoms with Gasteiger partial charge in [0.2, 0.25) is 15.9 Å². The Hall–Kier alpha value is -0.660. The lowest BCUT2D eigenvalue weighted by atomic mass is 10.2. The molecule has 1 atom stereocenters. The molecular formula is C10H20N2O4S. The van der Waals surface area contributed by atoms with Crippen molar-refractivity contribution in [3.63, 3.8) is 0 Å². The van der Waals surface area contributed by atoms with Crippen molar-refractivity contribution in [2.24, 2.45) is 0 Å². The Bertz CT molecular complexity index is 355. The monoisotopic (exact) mass is 264 g/mol. The molecule has 1 heterocycles. The van der Waals surface area contributed by atoms with E-state index in [0.29, 0.717) is 25.8 Å². The lowest BCUT2D eigenvalue weighted by Gasteiger charge is -2.22. The summed E-state index contributed by atoms with van der Waals surface area (Å²) in [5.41, 5.74) is 0. The standard InChI is InChI=1S/C10H20N2O4S/c1-2-8-17(15,16)12-6-3-4-9(12)10(14)11-5-7-13/h9,13H,2-8H2,1H3,(H,11,14). The predicted molar refractivity (Wildman–Crippen MR) is 63.9 cm³/mol. The molecule has 0 radical (unpaired) electrons. The fourth-order valence-electron chi connectivity index (χ4n) is 2.01. The van der Waals surface area contributed by atoms with Crippen LogP contribution in [-0.2, 0) is 14.8 Å². The molecule has 1 aliphatic rings. The molecule has 1 saturated heterocycles. The molecule has 1 rings (SSSR count). The van der Waals surface area contributed by atoms with E-state index >= 15 is 0 Å². The second-order valence-corrected chi connectivity index (χ2v) is 6.14. The van der Waals surface area contributed by atoms with Gasteiger partial charge in [0.1, 0.15) is 6.04 Å². The van der Waals surface area contributed by atoms with Gasteiger partial charge in [0, 0.05) is 13.1 Å². The van der Waals surface area contributed by atoms with Gasteiger partial charge in [0.15, 0.2) is 0 Å². The first kappa shape index (κ1) is 14.4. The summed E-state index contributed by atoms with van der Waals surface area (Å²) in [6.07, 6.45) is 1.81. The molecule has 17 heavy (non-hydrogen) atoms. The summed E-state index contributed by atoms with van der Waals surface area (Å²) in [6.45, 7) is 2.24. The molecule has 1 amide bonds. The molecule has 6 nitrogen and oxygen atoms in total. The van der Waals surface area contributed by atoms with Gasteiger partial charge >= 0.3 is 0 Å². The van der Waals surface area contributed by atoms with Crippen LogP contribution < -0.4 is 5.32 Å². The van der Waals surface area contributed by atoms with Gasteiger partial charge in [-0.25, -0.2) is 8.42 Å². The Morgan fingerprint density at radius 1 is 1.53 bits per heavy atom. The van der Waals surface area contributed by atoms with E-state index in [1.54, 1.807) is 6.92 Å². The van der Waals surface area contributed by atoms with E-state index in [4.69, 9.17) is 5.11 Å². The zero-order valence-corrected chi connectivity index (χ0v) is 10.9. The topological polar surface area (TPSA) is 86.7 Å². The van der Waals surface area contributed by atoms with E-state index in [1.165, 1.54) is 4.31 Å². The van der Waals surface area contributed by atoms with E-state index < -0.39 is 16.1 Å². The second kappa shape index (κ2) is 6.32. The molecule has 0 aromatic heterocycles. The first-order valence-corrected chi connectivity index (χ1v) is 7.52. The van der Waals surface area contributed by atoms with E-state index in [0.717, 1.165) is 0 Å². The molecule has 0 aliphatic carbocycles. The van der Waals surface area contributed by atoms with Gasteiger partial charge in [-0.2, -0.15) is 4.31 Å². The van der Waals surface area contributed by atoms with Gasteiger partial charge < -0.3 is 10.4 Å². The van der Waals surface area contributed by atoms with Gasteiger partial charge in [0.25, 0.3) is 0 Å². The Balaban J connectivity index is 2.69. The largest absolute Gasteiger partial charge is 0.395 e. The zero-order valence-electron chi connectivity index (χ0n) is 10.1. The van der Waals surface area contributed by atoms with Gasteiger partial charge in [-0.3, -0.25) is 4.79 Å². The molecule has 1 unspecified atom stereocenters. The first-order valence-electron chi connectivity index (χ1n) is 5.91. The summed E-state index contributed by atoms with van der Waals surface area (Å²) in [7, 11) is -3.32. The molecular weight excluding hydrogens is 244 g/mol. The Morgan fingerprint density at radius 3 is 2.82 bits per heavy atom. The van der Waals surface area contributed by atoms with E-state index in [9.17, 15) is 13.2 Å². The normalized spacial score (nSPS) is 21.6. The van der Waals surface area contributed by atoms with Gasteiger partial charge in [-0.15, -0.1) is 0 Å². The van der Waals surface area contributed by atoms with Crippen LogP contribution in [0, 0.1) is 0 Å². The van der Waals surface area contributed by atoms with Crippen LogP contribution >= 0.6 is 0 Å². The average Bonchev–Trinajstić information content (AvgIpc) is 2.75. The quantitative estimate of drug-likeness (QED) is 0.664. The van der Waals surface area contributed by atoms with Crippen LogP contribution in [0.3, 0.4) is 0 Å². The third-order valence-electron chi connectivity index (χ3n) is 2.74. The highest BCUT2D eigenvalue weighted by molar-refractivity contribution is 7.89. The van der Waals surface area contributed by atoms with Crippen molar-refractivity contribution in [3.8, 4) is 0 Å². The number of aliphatic hydroxyl groups excluding tert-OH is 1. The highest BCUT2D eigenvalue weighted by atomic mass is 32.2. The van der Waals surface area contributed by atoms with Crippen LogP contribution in [-0.4, -0.2) is 55.2 Å². The number of carbonyl (C=O) groups excluding carboxylic acids is 1. The summed E-state index contributed by atoms with van der Waals surface area (Å²) in [6, 6.07) is -0.599. The number of sulfonamides is 1. The summed E-state index contributed by atoms with van der Waals surface area (Å²) in [5, 5.41) is 11.1. The van der Waals surface area contributed by atoms with Crippen LogP contribution in [0.2, 0.25) is 0 Å². The third kappa shape index (κ3) is 3.65. The molecule has 1 fully saturated rings. The maximum Gasteiger partial charge on any atom is 0.238 e. The number of aliphatic hydroxyl groups is 1. The number of carbonyl (C=O) groups is 1. The van der Waals surface area contributed by atoms with E-state index in [-0.39, 0.29) is 24.8 Å². The Morgan fingerprint density at radius 2 is 2.24 bits per heavy atom. The van der Waals surface area contributed by atoms with E-state index in [2.05, 4.69) is 5.32 Å². The second-order valence-electron chi connectivity index (χ2n) is 4.10. The van der Waals surface area contributed by atoms with Crippen LogP contribution in [0.5, 0.6) is 0 Å². The fourth-order valence-corrected chi connectivity index (χ4v) is 3.75. The maximum atomic E-state index is 11.9. The third-order valence-corrected chi connectivity index (χ3v) is 4.81. The number of nitrogens with one attached hydrogen (secondary N) is 1. The predicted octanol–water partition coefficient (Wildman–Crippen LogP) is -0.701. The van der Waals surface area contributed by atoms with Crippen molar-refractivity contribution in [2.75, 3.05) is 25.4 Å². The van der Waals surface area contributed by atoms with Crippen molar-refractivity contribution >= 4 is 15.9 Å². The zero-order chi connectivity index (χ0) is 12.9. The fraction of sp³-hybridized carbons (Fsp3) is 0.900. The minimum Gasteiger partial charge on any atom is -0.395 e. The number of nitrogens with zero attached hydrogens (tertiary/aromatic N) is 1. The molecule has 0 saturated carbocycles. The summed E-state index contributed by atoms with van der Waals surface area (Å²) in [5.74, 6) is -0.229. The van der Waals surface area contributed by atoms with Gasteiger partial charge in [-0.05, 0) is 19.3 Å². The minimum atomic E-state index is -3.32. The van der Waals surface area contributed by atoms with Gasteiger partial charge in [0.05, 0.1) is 12.4 Å². The van der Waals surface area contributed by atoms with Gasteiger partial charge in [-0.1, -0.05) is 6.92 Å². The summed E-state index contributed by atoms with van der Waals surface area (Å²) in [4.78, 5) is 11.7. The average molecular weight is 264 g/mol. The molecule has 0 bridgehead atoms. The van der Waals surface area contributed by atoms with Crippen molar-refractivity contribution in [3.05, 3.63) is 0 Å². The number of rotatable bonds is 6. The lowest BCUT2D eigenvalue weighted by Crippen LogP contribution is -2.47. The summed E-state index contributed by atoms with van der Waals surface area (Å²) < 4.78 is 25.1. The molecule has 2 N–H and O–H groups in total. The summed E-state index contributed by atoms with van der Waals surface area (Å²) >= 11 is 0. The molecule has 7 heteroatoms. The van der Waals surface area contributed by atoms with Crippen molar-refractivity contribution in [2.45, 2.75) is 32.2 Å². The molecule has 1 aliphatic heterocycles. The molecule has 0 spiro atoms. The van der Waals surface area contributed by atoms with Crippen molar-refractivity contribution in [1.29, 1.82) is 0 Å². The van der Waals surface area contributed by atoms with Crippen LogP contribution in [0.4, 0.5) is 0 Å². The SMILES string of the molecule is CCCS(=O)(=O)N1CCCC1C(=O)NCCO.